The molecule has 2 aromatic carbocycles. The third-order valence-electron chi connectivity index (χ3n) is 4.02. The number of hydrogen-bond donors (Lipinski definition) is 5. The van der Waals surface area contributed by atoms with E-state index in [1.165, 1.54) is 6.92 Å². The van der Waals surface area contributed by atoms with Gasteiger partial charge in [0.2, 0.25) is 11.5 Å². The van der Waals surface area contributed by atoms with Gasteiger partial charge in [-0.2, -0.15) is 0 Å². The summed E-state index contributed by atoms with van der Waals surface area (Å²) in [6, 6.07) is 0. The number of phenolic OH excluding ortho intramolecular Hbond substituents is 5. The molecule has 1 heterocycles. The van der Waals surface area contributed by atoms with Crippen molar-refractivity contribution in [3.8, 4) is 28.7 Å². The number of furan rings is 1. The highest BCUT2D eigenvalue weighted by Gasteiger charge is 2.26. The molecule has 1 aromatic heterocycles. The molecule has 21 heavy (non-hydrogen) atoms. The summed E-state index contributed by atoms with van der Waals surface area (Å²) in [5, 5.41) is 50.1. The van der Waals surface area contributed by atoms with Crippen molar-refractivity contribution in [1.82, 2.24) is 0 Å². The largest absolute Gasteiger partial charge is 0.504 e. The van der Waals surface area contributed by atoms with Crippen LogP contribution in [0.2, 0.25) is 0 Å². The molecule has 0 unspecified atom stereocenters. The van der Waals surface area contributed by atoms with Gasteiger partial charge in [-0.3, -0.25) is 0 Å². The molecule has 0 aliphatic carbocycles. The van der Waals surface area contributed by atoms with Crippen molar-refractivity contribution in [2.45, 2.75) is 20.8 Å². The maximum Gasteiger partial charge on any atom is 0.205 e. The van der Waals surface area contributed by atoms with E-state index in [1.54, 1.807) is 13.8 Å². The van der Waals surface area contributed by atoms with Crippen LogP contribution in [0, 0.1) is 20.8 Å². The molecule has 110 valence electrons. The Morgan fingerprint density at radius 2 is 1.10 bits per heavy atom. The van der Waals surface area contributed by atoms with Gasteiger partial charge in [-0.05, 0) is 26.3 Å². The van der Waals surface area contributed by atoms with Gasteiger partial charge in [0.15, 0.2) is 22.8 Å². The molecular weight excluding hydrogens is 276 g/mol. The first kappa shape index (κ1) is 13.2. The number of rotatable bonds is 0. The number of fused-ring (bicyclic) bond motifs is 3. The van der Waals surface area contributed by atoms with E-state index in [0.29, 0.717) is 11.1 Å². The van der Waals surface area contributed by atoms with E-state index < -0.39 is 17.2 Å². The number of hydrogen-bond acceptors (Lipinski definition) is 6. The highest BCUT2D eigenvalue weighted by Crippen LogP contribution is 2.52. The van der Waals surface area contributed by atoms with Gasteiger partial charge in [0.1, 0.15) is 5.58 Å². The second kappa shape index (κ2) is 3.88. The third-order valence-corrected chi connectivity index (χ3v) is 4.02. The van der Waals surface area contributed by atoms with Crippen molar-refractivity contribution < 1.29 is 29.9 Å². The minimum absolute atomic E-state index is 0.0544. The number of aryl methyl sites for hydroxylation is 2. The van der Waals surface area contributed by atoms with E-state index in [0.717, 1.165) is 0 Å². The molecule has 3 aromatic rings. The standard InChI is InChI=1S/C15H14O6/c1-4-5(2)14-8(11(18)9(4)16)7-6(3)10(17)12(19)13(20)15(7)21-14/h16-20H,1-3H3. The van der Waals surface area contributed by atoms with E-state index in [9.17, 15) is 25.5 Å². The van der Waals surface area contributed by atoms with Crippen molar-refractivity contribution in [3.63, 3.8) is 0 Å². The van der Waals surface area contributed by atoms with Crippen LogP contribution in [0.5, 0.6) is 28.7 Å². The van der Waals surface area contributed by atoms with Crippen LogP contribution in [0.4, 0.5) is 0 Å². The number of benzene rings is 2. The first-order valence-electron chi connectivity index (χ1n) is 6.28. The van der Waals surface area contributed by atoms with E-state index in [2.05, 4.69) is 0 Å². The Labute approximate surface area is 119 Å². The van der Waals surface area contributed by atoms with E-state index in [4.69, 9.17) is 4.42 Å². The zero-order chi connectivity index (χ0) is 15.6. The summed E-state index contributed by atoms with van der Waals surface area (Å²) >= 11 is 0. The molecule has 0 atom stereocenters. The summed E-state index contributed by atoms with van der Waals surface area (Å²) in [6.07, 6.45) is 0. The molecular formula is C15H14O6. The topological polar surface area (TPSA) is 114 Å². The fourth-order valence-electron chi connectivity index (χ4n) is 2.61. The van der Waals surface area contributed by atoms with Gasteiger partial charge in [0.25, 0.3) is 0 Å². The maximum absolute atomic E-state index is 10.2. The maximum atomic E-state index is 10.2. The molecule has 0 spiro atoms. The van der Waals surface area contributed by atoms with Crippen molar-refractivity contribution in [2.75, 3.05) is 0 Å². The minimum Gasteiger partial charge on any atom is -0.504 e. The van der Waals surface area contributed by atoms with Gasteiger partial charge in [-0.25, -0.2) is 0 Å². The van der Waals surface area contributed by atoms with Crippen LogP contribution in [-0.2, 0) is 0 Å². The fourth-order valence-corrected chi connectivity index (χ4v) is 2.61. The molecule has 6 heteroatoms. The number of phenols is 5. The zero-order valence-electron chi connectivity index (χ0n) is 11.6. The lowest BCUT2D eigenvalue weighted by molar-refractivity contribution is 0.366. The van der Waals surface area contributed by atoms with Crippen molar-refractivity contribution >= 4 is 21.9 Å². The molecule has 0 amide bonds. The molecule has 0 aliphatic rings. The van der Waals surface area contributed by atoms with Crippen LogP contribution in [0.1, 0.15) is 16.7 Å². The normalized spacial score (nSPS) is 11.6. The third kappa shape index (κ3) is 1.41. The van der Waals surface area contributed by atoms with Gasteiger partial charge in [-0.1, -0.05) is 0 Å². The molecule has 0 radical (unpaired) electrons. The van der Waals surface area contributed by atoms with E-state index in [-0.39, 0.29) is 39.0 Å². The lowest BCUT2D eigenvalue weighted by Crippen LogP contribution is -1.85. The summed E-state index contributed by atoms with van der Waals surface area (Å²) < 4.78 is 5.56. The van der Waals surface area contributed by atoms with Crippen LogP contribution in [0.15, 0.2) is 4.42 Å². The predicted octanol–water partition coefficient (Wildman–Crippen LogP) is 3.04. The Kier molecular flexibility index (Phi) is 2.44. The summed E-state index contributed by atoms with van der Waals surface area (Å²) in [7, 11) is 0. The van der Waals surface area contributed by atoms with Crippen molar-refractivity contribution in [1.29, 1.82) is 0 Å². The molecule has 0 bridgehead atoms. The zero-order valence-corrected chi connectivity index (χ0v) is 11.6. The molecule has 0 saturated heterocycles. The number of aromatic hydroxyl groups is 5. The van der Waals surface area contributed by atoms with Gasteiger partial charge in [0.05, 0.1) is 5.39 Å². The first-order valence-corrected chi connectivity index (χ1v) is 6.28. The average Bonchev–Trinajstić information content (AvgIpc) is 2.87. The van der Waals surface area contributed by atoms with Gasteiger partial charge in [0, 0.05) is 16.5 Å². The highest BCUT2D eigenvalue weighted by molar-refractivity contribution is 6.14. The molecule has 5 N–H and O–H groups in total. The van der Waals surface area contributed by atoms with Crippen molar-refractivity contribution in [3.05, 3.63) is 16.7 Å². The van der Waals surface area contributed by atoms with Gasteiger partial charge >= 0.3 is 0 Å². The Morgan fingerprint density at radius 1 is 0.524 bits per heavy atom. The van der Waals surface area contributed by atoms with Crippen molar-refractivity contribution in [2.24, 2.45) is 0 Å². The van der Waals surface area contributed by atoms with E-state index in [1.807, 2.05) is 0 Å². The Morgan fingerprint density at radius 3 is 1.71 bits per heavy atom. The van der Waals surface area contributed by atoms with Crippen LogP contribution in [0.3, 0.4) is 0 Å². The summed E-state index contributed by atoms with van der Waals surface area (Å²) in [5.41, 5.74) is 1.50. The summed E-state index contributed by atoms with van der Waals surface area (Å²) in [4.78, 5) is 0. The van der Waals surface area contributed by atoms with Gasteiger partial charge in [-0.15, -0.1) is 0 Å². The first-order chi connectivity index (χ1) is 9.77. The summed E-state index contributed by atoms with van der Waals surface area (Å²) in [5.74, 6) is -2.47. The predicted molar refractivity (Wildman–Crippen MR) is 76.3 cm³/mol. The Bertz CT molecular complexity index is 846. The average molecular weight is 290 g/mol. The van der Waals surface area contributed by atoms with Crippen LogP contribution >= 0.6 is 0 Å². The molecule has 0 aliphatic heterocycles. The lowest BCUT2D eigenvalue weighted by Gasteiger charge is -2.08. The Balaban J connectivity index is 2.73. The lowest BCUT2D eigenvalue weighted by atomic mass is 10.00. The molecule has 0 fully saturated rings. The van der Waals surface area contributed by atoms with E-state index >= 15 is 0 Å². The molecule has 0 saturated carbocycles. The SMILES string of the molecule is Cc1c(O)c(O)c2c(oc3c(O)c(O)c(O)c(C)c32)c1C. The molecule has 3 rings (SSSR count). The van der Waals surface area contributed by atoms with Crippen LogP contribution in [-0.4, -0.2) is 25.5 Å². The fraction of sp³-hybridized carbons (Fsp3) is 0.200. The monoisotopic (exact) mass is 290 g/mol. The quantitative estimate of drug-likeness (QED) is 0.406. The second-order valence-electron chi connectivity index (χ2n) is 5.13. The molecule has 6 nitrogen and oxygen atoms in total. The van der Waals surface area contributed by atoms with Crippen LogP contribution in [0.25, 0.3) is 21.9 Å². The van der Waals surface area contributed by atoms with Crippen LogP contribution < -0.4 is 0 Å². The summed E-state index contributed by atoms with van der Waals surface area (Å²) in [6.45, 7) is 4.83. The minimum atomic E-state index is -0.683. The van der Waals surface area contributed by atoms with Gasteiger partial charge < -0.3 is 29.9 Å². The smallest absolute Gasteiger partial charge is 0.205 e. The Hall–Kier alpha value is -2.76. The second-order valence-corrected chi connectivity index (χ2v) is 5.13. The highest BCUT2D eigenvalue weighted by atomic mass is 16.4.